The highest BCUT2D eigenvalue weighted by molar-refractivity contribution is 6.30. The van der Waals surface area contributed by atoms with Gasteiger partial charge in [0.05, 0.1) is 0 Å². The topological polar surface area (TPSA) is 36.4 Å². The fourth-order valence-corrected chi connectivity index (χ4v) is 2.46. The molecule has 1 aliphatic carbocycles. The Labute approximate surface area is 111 Å². The lowest BCUT2D eigenvalue weighted by Crippen LogP contribution is -2.53. The molecule has 18 heavy (non-hydrogen) atoms. The van der Waals surface area contributed by atoms with E-state index in [0.717, 1.165) is 0 Å². The summed E-state index contributed by atoms with van der Waals surface area (Å²) in [5.74, 6) is 0.688. The van der Waals surface area contributed by atoms with E-state index in [2.05, 4.69) is 15.6 Å². The maximum Gasteiger partial charge on any atom is 0.190 e. The van der Waals surface area contributed by atoms with Crippen LogP contribution in [0.15, 0.2) is 29.3 Å². The number of rotatable bonds is 2. The van der Waals surface area contributed by atoms with Crippen LogP contribution in [0, 0.1) is 0 Å². The van der Waals surface area contributed by atoms with E-state index in [1.807, 2.05) is 0 Å². The molecule has 0 heterocycles. The molecule has 2 rings (SSSR count). The summed E-state index contributed by atoms with van der Waals surface area (Å²) < 4.78 is 14.6. The minimum atomic E-state index is -1.27. The lowest BCUT2D eigenvalue weighted by atomic mass is 9.73. The van der Waals surface area contributed by atoms with E-state index >= 15 is 0 Å². The molecule has 0 bridgehead atoms. The third kappa shape index (κ3) is 2.58. The van der Waals surface area contributed by atoms with Crippen molar-refractivity contribution in [3.05, 3.63) is 34.9 Å². The van der Waals surface area contributed by atoms with Crippen LogP contribution in [0.5, 0.6) is 0 Å². The molecule has 1 fully saturated rings. The standard InChI is InChI=1S/C13H17ClFN3/c1-16-12(17-2)18-11-7-13(15,8-11)9-4-3-5-10(14)6-9/h3-6,11H,7-8H2,1-2H3,(H2,16,17,18). The number of halogens is 2. The summed E-state index contributed by atoms with van der Waals surface area (Å²) >= 11 is 5.89. The first kappa shape index (κ1) is 13.1. The maximum atomic E-state index is 14.6. The van der Waals surface area contributed by atoms with Gasteiger partial charge in [-0.1, -0.05) is 23.7 Å². The highest BCUT2D eigenvalue weighted by atomic mass is 35.5. The van der Waals surface area contributed by atoms with Gasteiger partial charge in [-0.3, -0.25) is 4.99 Å². The van der Waals surface area contributed by atoms with Gasteiger partial charge < -0.3 is 10.6 Å². The van der Waals surface area contributed by atoms with E-state index in [9.17, 15) is 4.39 Å². The van der Waals surface area contributed by atoms with Gasteiger partial charge in [0.25, 0.3) is 0 Å². The Morgan fingerprint density at radius 1 is 1.50 bits per heavy atom. The zero-order chi connectivity index (χ0) is 13.2. The van der Waals surface area contributed by atoms with Gasteiger partial charge in [0, 0.05) is 38.0 Å². The first-order chi connectivity index (χ1) is 8.57. The number of guanidine groups is 1. The van der Waals surface area contributed by atoms with Crippen molar-refractivity contribution in [2.45, 2.75) is 24.6 Å². The Morgan fingerprint density at radius 3 is 2.78 bits per heavy atom. The van der Waals surface area contributed by atoms with Crippen LogP contribution in [0.25, 0.3) is 0 Å². The Kier molecular flexibility index (Phi) is 3.76. The molecule has 1 aliphatic rings. The van der Waals surface area contributed by atoms with Gasteiger partial charge in [-0.2, -0.15) is 0 Å². The maximum absolute atomic E-state index is 14.6. The lowest BCUT2D eigenvalue weighted by Gasteiger charge is -2.42. The Balaban J connectivity index is 1.98. The van der Waals surface area contributed by atoms with Crippen molar-refractivity contribution >= 4 is 17.6 Å². The molecular formula is C13H17ClFN3. The van der Waals surface area contributed by atoms with Crippen LogP contribution in [0.3, 0.4) is 0 Å². The first-order valence-electron chi connectivity index (χ1n) is 5.93. The summed E-state index contributed by atoms with van der Waals surface area (Å²) in [4.78, 5) is 4.01. The van der Waals surface area contributed by atoms with Crippen molar-refractivity contribution in [3.8, 4) is 0 Å². The monoisotopic (exact) mass is 269 g/mol. The molecule has 0 saturated heterocycles. The summed E-state index contributed by atoms with van der Waals surface area (Å²) in [5.41, 5.74) is -0.609. The van der Waals surface area contributed by atoms with Crippen LogP contribution in [-0.4, -0.2) is 26.1 Å². The number of alkyl halides is 1. The summed E-state index contributed by atoms with van der Waals surface area (Å²) in [6, 6.07) is 7.14. The number of aliphatic imine (C=N–C) groups is 1. The highest BCUT2D eigenvalue weighted by Crippen LogP contribution is 2.45. The van der Waals surface area contributed by atoms with Crippen molar-refractivity contribution in [2.75, 3.05) is 14.1 Å². The molecule has 0 aromatic heterocycles. The molecule has 0 atom stereocenters. The van der Waals surface area contributed by atoms with Crippen LogP contribution in [0.4, 0.5) is 4.39 Å². The van der Waals surface area contributed by atoms with Crippen LogP contribution in [-0.2, 0) is 5.67 Å². The third-order valence-corrected chi connectivity index (χ3v) is 3.52. The summed E-state index contributed by atoms with van der Waals surface area (Å²) in [6.07, 6.45) is 0.877. The predicted octanol–water partition coefficient (Wildman–Crippen LogP) is 2.46. The van der Waals surface area contributed by atoms with E-state index < -0.39 is 5.67 Å². The second-order valence-electron chi connectivity index (χ2n) is 4.55. The average molecular weight is 270 g/mol. The fourth-order valence-electron chi connectivity index (χ4n) is 2.27. The van der Waals surface area contributed by atoms with E-state index in [1.165, 1.54) is 0 Å². The van der Waals surface area contributed by atoms with Crippen molar-refractivity contribution in [3.63, 3.8) is 0 Å². The second kappa shape index (κ2) is 5.14. The average Bonchev–Trinajstić information content (AvgIpc) is 2.33. The molecule has 1 aromatic carbocycles. The van der Waals surface area contributed by atoms with Gasteiger partial charge in [-0.15, -0.1) is 0 Å². The molecule has 0 aliphatic heterocycles. The second-order valence-corrected chi connectivity index (χ2v) is 4.98. The van der Waals surface area contributed by atoms with Gasteiger partial charge in [-0.05, 0) is 17.7 Å². The smallest absolute Gasteiger partial charge is 0.190 e. The number of nitrogens with zero attached hydrogens (tertiary/aromatic N) is 1. The summed E-state index contributed by atoms with van der Waals surface area (Å²) in [6.45, 7) is 0. The molecule has 2 N–H and O–H groups in total. The van der Waals surface area contributed by atoms with Crippen LogP contribution in [0.1, 0.15) is 18.4 Å². The van der Waals surface area contributed by atoms with Crippen molar-refractivity contribution in [2.24, 2.45) is 4.99 Å². The van der Waals surface area contributed by atoms with E-state index in [0.29, 0.717) is 29.4 Å². The molecule has 0 spiro atoms. The molecule has 1 aromatic rings. The molecule has 0 unspecified atom stereocenters. The number of hydrogen-bond donors (Lipinski definition) is 2. The quantitative estimate of drug-likeness (QED) is 0.639. The number of hydrogen-bond acceptors (Lipinski definition) is 1. The summed E-state index contributed by atoms with van der Waals surface area (Å²) in [7, 11) is 3.48. The number of nitrogens with one attached hydrogen (secondary N) is 2. The fraction of sp³-hybridized carbons (Fsp3) is 0.462. The molecule has 1 saturated carbocycles. The van der Waals surface area contributed by atoms with E-state index in [4.69, 9.17) is 11.6 Å². The van der Waals surface area contributed by atoms with Crippen molar-refractivity contribution in [1.29, 1.82) is 0 Å². The molecule has 0 radical (unpaired) electrons. The zero-order valence-corrected chi connectivity index (χ0v) is 11.3. The lowest BCUT2D eigenvalue weighted by molar-refractivity contribution is 0.0325. The SMILES string of the molecule is CN=C(NC)NC1CC(F)(c2cccc(Cl)c2)C1. The van der Waals surface area contributed by atoms with Crippen LogP contribution < -0.4 is 10.6 Å². The third-order valence-electron chi connectivity index (χ3n) is 3.28. The zero-order valence-electron chi connectivity index (χ0n) is 10.5. The molecule has 98 valence electrons. The Morgan fingerprint density at radius 2 is 2.22 bits per heavy atom. The Hall–Kier alpha value is -1.29. The number of benzene rings is 1. The van der Waals surface area contributed by atoms with Gasteiger partial charge in [0.1, 0.15) is 5.67 Å². The highest BCUT2D eigenvalue weighted by Gasteiger charge is 2.46. The van der Waals surface area contributed by atoms with Gasteiger partial charge in [0.2, 0.25) is 0 Å². The van der Waals surface area contributed by atoms with Crippen molar-refractivity contribution < 1.29 is 4.39 Å². The van der Waals surface area contributed by atoms with E-state index in [-0.39, 0.29) is 6.04 Å². The Bertz CT molecular complexity index is 455. The van der Waals surface area contributed by atoms with Gasteiger partial charge >= 0.3 is 0 Å². The predicted molar refractivity (Wildman–Crippen MR) is 72.8 cm³/mol. The van der Waals surface area contributed by atoms with Crippen molar-refractivity contribution in [1.82, 2.24) is 10.6 Å². The van der Waals surface area contributed by atoms with E-state index in [1.54, 1.807) is 38.4 Å². The normalized spacial score (nSPS) is 27.6. The minimum Gasteiger partial charge on any atom is -0.359 e. The van der Waals surface area contributed by atoms with Gasteiger partial charge in [0.15, 0.2) is 5.96 Å². The van der Waals surface area contributed by atoms with Crippen LogP contribution in [0.2, 0.25) is 5.02 Å². The molecule has 5 heteroatoms. The molecular weight excluding hydrogens is 253 g/mol. The first-order valence-corrected chi connectivity index (χ1v) is 6.31. The molecule has 0 amide bonds. The van der Waals surface area contributed by atoms with Crippen LogP contribution >= 0.6 is 11.6 Å². The summed E-state index contributed by atoms with van der Waals surface area (Å²) in [5, 5.41) is 6.66. The largest absolute Gasteiger partial charge is 0.359 e. The molecule has 3 nitrogen and oxygen atoms in total. The van der Waals surface area contributed by atoms with Gasteiger partial charge in [-0.25, -0.2) is 4.39 Å². The minimum absolute atomic E-state index is 0.111.